The number of aryl methyl sites for hydroxylation is 2. The van der Waals surface area contributed by atoms with E-state index in [2.05, 4.69) is 124 Å². The lowest BCUT2D eigenvalue weighted by molar-refractivity contribution is -0.643. The highest BCUT2D eigenvalue weighted by molar-refractivity contribution is 6.29. The van der Waals surface area contributed by atoms with Crippen LogP contribution in [0.4, 0.5) is 0 Å². The molecule has 0 saturated heterocycles. The first-order valence-electron chi connectivity index (χ1n) is 14.1. The van der Waals surface area contributed by atoms with Gasteiger partial charge in [-0.2, -0.15) is 0 Å². The molecule has 0 N–H and O–H groups in total. The van der Waals surface area contributed by atoms with Crippen LogP contribution in [0.3, 0.4) is 0 Å². The number of para-hydroxylation sites is 1. The average Bonchev–Trinajstić information content (AvgIpc) is 3.22. The van der Waals surface area contributed by atoms with E-state index in [0.717, 1.165) is 12.8 Å². The molecule has 2 heteroatoms. The molecule has 0 fully saturated rings. The number of benzene rings is 4. The third-order valence-corrected chi connectivity index (χ3v) is 8.47. The molecular weight excluding hydrogens is 460 g/mol. The predicted octanol–water partition coefficient (Wildman–Crippen LogP) is 9.06. The zero-order chi connectivity index (χ0) is 26.5. The van der Waals surface area contributed by atoms with Crippen LogP contribution in [0.5, 0.6) is 0 Å². The van der Waals surface area contributed by atoms with Gasteiger partial charge >= 0.3 is 0 Å². The minimum absolute atomic E-state index is 0.155. The van der Waals surface area contributed by atoms with Crippen LogP contribution in [0.15, 0.2) is 66.9 Å². The topological polar surface area (TPSA) is 8.29 Å². The molecule has 0 aliphatic rings. The highest BCUT2D eigenvalue weighted by Gasteiger charge is 2.29. The number of aromatic nitrogens is 2. The molecule has 0 radical (unpaired) electrons. The van der Waals surface area contributed by atoms with E-state index < -0.39 is 0 Å². The molecule has 0 amide bonds. The van der Waals surface area contributed by atoms with Crippen LogP contribution < -0.4 is 4.57 Å². The van der Waals surface area contributed by atoms with E-state index in [1.54, 1.807) is 0 Å². The van der Waals surface area contributed by atoms with Crippen molar-refractivity contribution in [2.24, 2.45) is 18.4 Å². The molecule has 4 aromatic carbocycles. The maximum absolute atomic E-state index is 2.65. The highest BCUT2D eigenvalue weighted by Crippen LogP contribution is 2.46. The summed E-state index contributed by atoms with van der Waals surface area (Å²) in [5, 5.41) is 9.70. The lowest BCUT2D eigenvalue weighted by Gasteiger charge is -2.24. The standard InChI is InChI=1S/C36H37N2/c1-21(2)18-24-19-23-16-17-37(7)34-30-22(3)25-12-8-9-13-26(25)28(20-36(4,5)6)33(30)38-29-15-11-10-14-27(29)31(24)35(38)32(23)34/h8-17,19,21H,18,20H2,1-7H3/q+1. The maximum atomic E-state index is 2.65. The van der Waals surface area contributed by atoms with Gasteiger partial charge < -0.3 is 4.40 Å². The van der Waals surface area contributed by atoms with E-state index in [9.17, 15) is 0 Å². The van der Waals surface area contributed by atoms with E-state index >= 15 is 0 Å². The lowest BCUT2D eigenvalue weighted by Crippen LogP contribution is -2.29. The van der Waals surface area contributed by atoms with Crippen LogP contribution in [0.1, 0.15) is 51.3 Å². The van der Waals surface area contributed by atoms with Gasteiger partial charge in [0.05, 0.1) is 27.3 Å². The minimum atomic E-state index is 0.155. The Morgan fingerprint density at radius 3 is 2.21 bits per heavy atom. The number of nitrogens with zero attached hydrogens (tertiary/aromatic N) is 2. The van der Waals surface area contributed by atoms with Crippen LogP contribution in [-0.2, 0) is 19.9 Å². The lowest BCUT2D eigenvalue weighted by atomic mass is 9.83. The molecule has 3 heterocycles. The molecule has 7 aromatic rings. The SMILES string of the molecule is Cc1c2ccccc2c(CC(C)(C)C)c2c1c1c3c(cc[n+]1C)cc(CC(C)C)c1c4ccccc4n2c13. The van der Waals surface area contributed by atoms with E-state index in [1.165, 1.54) is 76.5 Å². The molecule has 0 aliphatic heterocycles. The summed E-state index contributed by atoms with van der Waals surface area (Å²) in [5.74, 6) is 0.593. The second-order valence-electron chi connectivity index (χ2n) is 13.1. The van der Waals surface area contributed by atoms with E-state index in [-0.39, 0.29) is 5.41 Å². The van der Waals surface area contributed by atoms with Crippen LogP contribution in [0.2, 0.25) is 0 Å². The van der Waals surface area contributed by atoms with Gasteiger partial charge in [0.25, 0.3) is 0 Å². The number of hydrogen-bond donors (Lipinski definition) is 0. The Labute approximate surface area is 224 Å². The Morgan fingerprint density at radius 2 is 1.50 bits per heavy atom. The van der Waals surface area contributed by atoms with Gasteiger partial charge in [0.1, 0.15) is 7.05 Å². The van der Waals surface area contributed by atoms with Gasteiger partial charge in [-0.15, -0.1) is 0 Å². The Kier molecular flexibility index (Phi) is 4.90. The van der Waals surface area contributed by atoms with Crippen molar-refractivity contribution in [3.63, 3.8) is 0 Å². The highest BCUT2D eigenvalue weighted by atomic mass is 15.0. The Hall–Kier alpha value is -3.65. The molecule has 0 aliphatic carbocycles. The molecule has 2 nitrogen and oxygen atoms in total. The number of rotatable bonds is 3. The van der Waals surface area contributed by atoms with Crippen molar-refractivity contribution in [3.05, 3.63) is 83.6 Å². The first-order chi connectivity index (χ1) is 18.2. The zero-order valence-corrected chi connectivity index (χ0v) is 23.7. The second-order valence-corrected chi connectivity index (χ2v) is 13.1. The van der Waals surface area contributed by atoms with E-state index in [4.69, 9.17) is 0 Å². The van der Waals surface area contributed by atoms with Crippen molar-refractivity contribution in [2.75, 3.05) is 0 Å². The Morgan fingerprint density at radius 1 is 0.816 bits per heavy atom. The number of pyridine rings is 2. The number of fused-ring (bicyclic) bond motifs is 7. The van der Waals surface area contributed by atoms with Crippen molar-refractivity contribution >= 4 is 59.8 Å². The molecule has 0 spiro atoms. The van der Waals surface area contributed by atoms with Crippen molar-refractivity contribution in [1.82, 2.24) is 4.40 Å². The van der Waals surface area contributed by atoms with Gasteiger partial charge in [0.15, 0.2) is 6.20 Å². The van der Waals surface area contributed by atoms with E-state index in [0.29, 0.717) is 5.92 Å². The first kappa shape index (κ1) is 23.5. The van der Waals surface area contributed by atoms with Crippen molar-refractivity contribution in [1.29, 1.82) is 0 Å². The average molecular weight is 498 g/mol. The van der Waals surface area contributed by atoms with Crippen molar-refractivity contribution in [3.8, 4) is 0 Å². The molecule has 0 bridgehead atoms. The monoisotopic (exact) mass is 497 g/mol. The van der Waals surface area contributed by atoms with Gasteiger partial charge in [-0.1, -0.05) is 77.1 Å². The molecule has 7 rings (SSSR count). The summed E-state index contributed by atoms with van der Waals surface area (Å²) in [6.07, 6.45) is 4.36. The third-order valence-electron chi connectivity index (χ3n) is 8.47. The van der Waals surface area contributed by atoms with Gasteiger partial charge in [-0.05, 0) is 76.1 Å². The smallest absolute Gasteiger partial charge is 0.224 e. The molecule has 0 atom stereocenters. The summed E-state index contributed by atoms with van der Waals surface area (Å²) in [5.41, 5.74) is 9.92. The maximum Gasteiger partial charge on any atom is 0.224 e. The summed E-state index contributed by atoms with van der Waals surface area (Å²) in [6, 6.07) is 23.0. The molecular formula is C36H37N2+. The second kappa shape index (κ2) is 7.93. The van der Waals surface area contributed by atoms with Crippen LogP contribution >= 0.6 is 0 Å². The van der Waals surface area contributed by atoms with Crippen molar-refractivity contribution in [2.45, 2.75) is 54.4 Å². The number of hydrogen-bond acceptors (Lipinski definition) is 0. The Bertz CT molecular complexity index is 2050. The van der Waals surface area contributed by atoms with Gasteiger partial charge in [0.2, 0.25) is 5.52 Å². The van der Waals surface area contributed by atoms with Gasteiger partial charge in [0, 0.05) is 16.8 Å². The van der Waals surface area contributed by atoms with Gasteiger partial charge in [-0.25, -0.2) is 4.57 Å². The summed E-state index contributed by atoms with van der Waals surface area (Å²) in [7, 11) is 2.22. The van der Waals surface area contributed by atoms with Crippen molar-refractivity contribution < 1.29 is 4.57 Å². The molecule has 3 aromatic heterocycles. The van der Waals surface area contributed by atoms with Gasteiger partial charge in [-0.3, -0.25) is 0 Å². The largest absolute Gasteiger partial charge is 0.307 e. The zero-order valence-electron chi connectivity index (χ0n) is 23.7. The normalized spacial score (nSPS) is 13.1. The van der Waals surface area contributed by atoms with Crippen LogP contribution in [0.25, 0.3) is 59.8 Å². The summed E-state index contributed by atoms with van der Waals surface area (Å²) >= 11 is 0. The molecule has 0 unspecified atom stereocenters. The summed E-state index contributed by atoms with van der Waals surface area (Å²) in [6.45, 7) is 14.1. The molecule has 38 heavy (non-hydrogen) atoms. The van der Waals surface area contributed by atoms with Crippen LogP contribution in [-0.4, -0.2) is 4.40 Å². The third kappa shape index (κ3) is 3.16. The molecule has 0 saturated carbocycles. The first-order valence-corrected chi connectivity index (χ1v) is 14.1. The van der Waals surface area contributed by atoms with E-state index in [1.807, 2.05) is 0 Å². The minimum Gasteiger partial charge on any atom is -0.307 e. The molecule has 190 valence electrons. The summed E-state index contributed by atoms with van der Waals surface area (Å²) in [4.78, 5) is 0. The predicted molar refractivity (Wildman–Crippen MR) is 164 cm³/mol. The summed E-state index contributed by atoms with van der Waals surface area (Å²) < 4.78 is 5.02. The quantitative estimate of drug-likeness (QED) is 0.131. The fourth-order valence-corrected chi connectivity index (χ4v) is 7.14. The fourth-order valence-electron chi connectivity index (χ4n) is 7.14. The fraction of sp³-hybridized carbons (Fsp3) is 0.306. The van der Waals surface area contributed by atoms with Crippen LogP contribution in [0, 0.1) is 18.3 Å². The Balaban J connectivity index is 1.91.